The van der Waals surface area contributed by atoms with Gasteiger partial charge in [-0.05, 0) is 25.7 Å². The number of rotatable bonds is 4. The number of aromatic nitrogens is 2. The third-order valence-electron chi connectivity index (χ3n) is 3.53. The first kappa shape index (κ1) is 15.7. The van der Waals surface area contributed by atoms with E-state index >= 15 is 0 Å². The van der Waals surface area contributed by atoms with Crippen LogP contribution in [-0.2, 0) is 20.9 Å². The second-order valence-corrected chi connectivity index (χ2v) is 5.45. The molecule has 21 heavy (non-hydrogen) atoms. The SMILES string of the molecule is CC(=O)O[C@H]1CC[C@H](C(=O)NCc2nccnc2Cl)CC1. The van der Waals surface area contributed by atoms with Gasteiger partial charge in [-0.3, -0.25) is 14.6 Å². The summed E-state index contributed by atoms with van der Waals surface area (Å²) in [5, 5.41) is 3.13. The zero-order valence-corrected chi connectivity index (χ0v) is 12.6. The summed E-state index contributed by atoms with van der Waals surface area (Å²) in [6, 6.07) is 0. The second-order valence-electron chi connectivity index (χ2n) is 5.09. The Hall–Kier alpha value is -1.69. The Morgan fingerprint density at radius 1 is 1.29 bits per heavy atom. The lowest BCUT2D eigenvalue weighted by molar-refractivity contribution is -0.148. The average molecular weight is 312 g/mol. The van der Waals surface area contributed by atoms with Gasteiger partial charge in [-0.2, -0.15) is 0 Å². The highest BCUT2D eigenvalue weighted by Gasteiger charge is 2.27. The van der Waals surface area contributed by atoms with Crippen LogP contribution in [0.4, 0.5) is 0 Å². The number of carbonyl (C=O) groups excluding carboxylic acids is 2. The molecular formula is C14H18ClN3O3. The first-order valence-corrected chi connectivity index (χ1v) is 7.34. The molecule has 1 saturated carbocycles. The Bertz CT molecular complexity index is 516. The topological polar surface area (TPSA) is 81.2 Å². The van der Waals surface area contributed by atoms with Crippen molar-refractivity contribution in [3.63, 3.8) is 0 Å². The molecule has 0 spiro atoms. The maximum absolute atomic E-state index is 12.1. The van der Waals surface area contributed by atoms with Crippen LogP contribution in [0.1, 0.15) is 38.3 Å². The summed E-state index contributed by atoms with van der Waals surface area (Å²) >= 11 is 5.89. The van der Waals surface area contributed by atoms with Gasteiger partial charge >= 0.3 is 5.97 Å². The molecule has 1 heterocycles. The Morgan fingerprint density at radius 3 is 2.57 bits per heavy atom. The number of hydrogen-bond donors (Lipinski definition) is 1. The number of amides is 1. The molecule has 0 radical (unpaired) electrons. The summed E-state index contributed by atoms with van der Waals surface area (Å²) in [5.41, 5.74) is 0.557. The number of hydrogen-bond acceptors (Lipinski definition) is 5. The maximum Gasteiger partial charge on any atom is 0.302 e. The van der Waals surface area contributed by atoms with Gasteiger partial charge < -0.3 is 10.1 Å². The van der Waals surface area contributed by atoms with Crippen molar-refractivity contribution in [3.8, 4) is 0 Å². The molecule has 114 valence electrons. The Balaban J connectivity index is 1.77. The standard InChI is InChI=1S/C14H18ClN3O3/c1-9(19)21-11-4-2-10(3-5-11)14(20)18-8-12-13(15)17-7-6-16-12/h6-7,10-11H,2-5,8H2,1H3,(H,18,20)/t10-,11-. The van der Waals surface area contributed by atoms with Gasteiger partial charge in [-0.1, -0.05) is 11.6 Å². The van der Waals surface area contributed by atoms with Crippen molar-refractivity contribution in [2.75, 3.05) is 0 Å². The highest BCUT2D eigenvalue weighted by atomic mass is 35.5. The van der Waals surface area contributed by atoms with Crippen LogP contribution in [0.5, 0.6) is 0 Å². The molecule has 0 aromatic carbocycles. The maximum atomic E-state index is 12.1. The van der Waals surface area contributed by atoms with E-state index in [1.807, 2.05) is 0 Å². The number of halogens is 1. The average Bonchev–Trinajstić information content (AvgIpc) is 2.46. The van der Waals surface area contributed by atoms with Gasteiger partial charge in [0.15, 0.2) is 5.15 Å². The fraction of sp³-hybridized carbons (Fsp3) is 0.571. The number of esters is 1. The molecule has 1 aliphatic rings. The van der Waals surface area contributed by atoms with E-state index in [2.05, 4.69) is 15.3 Å². The van der Waals surface area contributed by atoms with Crippen molar-refractivity contribution >= 4 is 23.5 Å². The summed E-state index contributed by atoms with van der Waals surface area (Å²) in [7, 11) is 0. The highest BCUT2D eigenvalue weighted by molar-refractivity contribution is 6.29. The summed E-state index contributed by atoms with van der Waals surface area (Å²) in [6.45, 7) is 1.68. The van der Waals surface area contributed by atoms with E-state index in [1.165, 1.54) is 19.3 Å². The second kappa shape index (κ2) is 7.36. The van der Waals surface area contributed by atoms with E-state index in [0.29, 0.717) is 10.8 Å². The molecule has 1 aromatic rings. The van der Waals surface area contributed by atoms with E-state index in [-0.39, 0.29) is 30.4 Å². The highest BCUT2D eigenvalue weighted by Crippen LogP contribution is 2.26. The van der Waals surface area contributed by atoms with E-state index < -0.39 is 0 Å². The largest absolute Gasteiger partial charge is 0.463 e. The lowest BCUT2D eigenvalue weighted by Gasteiger charge is -2.27. The smallest absolute Gasteiger partial charge is 0.302 e. The molecule has 1 amide bonds. The Kier molecular flexibility index (Phi) is 5.50. The van der Waals surface area contributed by atoms with Crippen molar-refractivity contribution in [1.82, 2.24) is 15.3 Å². The monoisotopic (exact) mass is 311 g/mol. The lowest BCUT2D eigenvalue weighted by atomic mass is 9.87. The quantitative estimate of drug-likeness (QED) is 0.858. The molecule has 1 N–H and O–H groups in total. The third kappa shape index (κ3) is 4.67. The van der Waals surface area contributed by atoms with Gasteiger partial charge in [0, 0.05) is 25.2 Å². The minimum atomic E-state index is -0.264. The zero-order chi connectivity index (χ0) is 15.2. The van der Waals surface area contributed by atoms with Gasteiger partial charge in [0.05, 0.1) is 12.2 Å². The number of nitrogens with one attached hydrogen (secondary N) is 1. The van der Waals surface area contributed by atoms with Crippen LogP contribution >= 0.6 is 11.6 Å². The molecule has 0 bridgehead atoms. The molecular weight excluding hydrogens is 294 g/mol. The predicted molar refractivity (Wildman–Crippen MR) is 76.4 cm³/mol. The first-order chi connectivity index (χ1) is 10.1. The summed E-state index contributed by atoms with van der Waals surface area (Å²) in [6.07, 6.45) is 5.88. The van der Waals surface area contributed by atoms with Crippen LogP contribution in [-0.4, -0.2) is 27.9 Å². The van der Waals surface area contributed by atoms with E-state index in [9.17, 15) is 9.59 Å². The lowest BCUT2D eigenvalue weighted by Crippen LogP contribution is -2.35. The van der Waals surface area contributed by atoms with Crippen LogP contribution in [0.15, 0.2) is 12.4 Å². The van der Waals surface area contributed by atoms with Crippen molar-refractivity contribution in [2.24, 2.45) is 5.92 Å². The molecule has 0 aliphatic heterocycles. The van der Waals surface area contributed by atoms with Crippen molar-refractivity contribution in [3.05, 3.63) is 23.2 Å². The molecule has 6 nitrogen and oxygen atoms in total. The van der Waals surface area contributed by atoms with Crippen LogP contribution in [0.25, 0.3) is 0 Å². The van der Waals surface area contributed by atoms with Crippen molar-refractivity contribution < 1.29 is 14.3 Å². The normalized spacial score (nSPS) is 21.6. The molecule has 0 atom stereocenters. The number of ether oxygens (including phenoxy) is 1. The fourth-order valence-corrected chi connectivity index (χ4v) is 2.63. The minimum Gasteiger partial charge on any atom is -0.463 e. The van der Waals surface area contributed by atoms with Crippen LogP contribution < -0.4 is 5.32 Å². The summed E-state index contributed by atoms with van der Waals surface area (Å²) < 4.78 is 5.16. The first-order valence-electron chi connectivity index (χ1n) is 6.96. The Labute approximate surface area is 128 Å². The number of carbonyl (C=O) groups is 2. The van der Waals surface area contributed by atoms with Crippen molar-refractivity contribution in [2.45, 2.75) is 45.3 Å². The Morgan fingerprint density at radius 2 is 1.95 bits per heavy atom. The third-order valence-corrected chi connectivity index (χ3v) is 3.85. The molecule has 7 heteroatoms. The van der Waals surface area contributed by atoms with Gasteiger partial charge in [-0.15, -0.1) is 0 Å². The van der Waals surface area contributed by atoms with Crippen LogP contribution in [0.2, 0.25) is 5.15 Å². The van der Waals surface area contributed by atoms with E-state index in [0.717, 1.165) is 25.7 Å². The summed E-state index contributed by atoms with van der Waals surface area (Å²) in [5.74, 6) is -0.328. The van der Waals surface area contributed by atoms with E-state index in [1.54, 1.807) is 0 Å². The molecule has 0 unspecified atom stereocenters. The van der Waals surface area contributed by atoms with Gasteiger partial charge in [0.1, 0.15) is 6.10 Å². The molecule has 0 saturated heterocycles. The minimum absolute atomic E-state index is 0.0157. The van der Waals surface area contributed by atoms with Crippen LogP contribution in [0.3, 0.4) is 0 Å². The molecule has 1 aromatic heterocycles. The van der Waals surface area contributed by atoms with Gasteiger partial charge in [0.2, 0.25) is 5.91 Å². The predicted octanol–water partition coefficient (Wildman–Crippen LogP) is 1.87. The zero-order valence-electron chi connectivity index (χ0n) is 11.8. The van der Waals surface area contributed by atoms with Crippen molar-refractivity contribution in [1.29, 1.82) is 0 Å². The number of nitrogens with zero attached hydrogens (tertiary/aromatic N) is 2. The summed E-state index contributed by atoms with van der Waals surface area (Å²) in [4.78, 5) is 31.0. The van der Waals surface area contributed by atoms with Gasteiger partial charge in [-0.25, -0.2) is 4.98 Å². The molecule has 1 aliphatic carbocycles. The molecule has 2 rings (SSSR count). The molecule has 1 fully saturated rings. The van der Waals surface area contributed by atoms with Crippen LogP contribution in [0, 0.1) is 5.92 Å². The van der Waals surface area contributed by atoms with Gasteiger partial charge in [0.25, 0.3) is 0 Å². The fourth-order valence-electron chi connectivity index (χ4n) is 2.46. The van der Waals surface area contributed by atoms with E-state index in [4.69, 9.17) is 16.3 Å².